The fourth-order valence-corrected chi connectivity index (χ4v) is 7.07. The van der Waals surface area contributed by atoms with E-state index < -0.39 is 39.1 Å². The molecule has 0 unspecified atom stereocenters. The maximum atomic E-state index is 14.8. The number of amides is 1. The van der Waals surface area contributed by atoms with E-state index in [-0.39, 0.29) is 69.0 Å². The molecule has 0 spiro atoms. The Hall–Kier alpha value is -2.16. The largest absolute Gasteiger partial charge is 0.493 e. The van der Waals surface area contributed by atoms with Crippen LogP contribution in [0.4, 0.5) is 23.2 Å². The Bertz CT molecular complexity index is 1080. The van der Waals surface area contributed by atoms with Gasteiger partial charge in [0.05, 0.1) is 12.3 Å². The number of carbonyl (C=O) groups excluding carboxylic acids is 1. The third-order valence-corrected chi connectivity index (χ3v) is 9.87. The highest BCUT2D eigenvalue weighted by Crippen LogP contribution is 2.37. The maximum absolute atomic E-state index is 14.8. The van der Waals surface area contributed by atoms with Crippen molar-refractivity contribution in [2.24, 2.45) is 0 Å². The average Bonchev–Trinajstić information content (AvgIpc) is 2.85. The van der Waals surface area contributed by atoms with Gasteiger partial charge in [0.2, 0.25) is 10.0 Å². The van der Waals surface area contributed by atoms with Gasteiger partial charge in [-0.15, -0.1) is 0 Å². The van der Waals surface area contributed by atoms with Crippen molar-refractivity contribution in [3.05, 3.63) is 24.0 Å². The summed E-state index contributed by atoms with van der Waals surface area (Å²) in [4.78, 5) is 16.5. The molecular formula is C24H36F4N4O5S. The summed E-state index contributed by atoms with van der Waals surface area (Å²) in [5.74, 6) is -1.49. The molecule has 0 atom stereocenters. The van der Waals surface area contributed by atoms with Crippen LogP contribution in [0.3, 0.4) is 0 Å². The van der Waals surface area contributed by atoms with Crippen molar-refractivity contribution in [3.8, 4) is 5.75 Å². The van der Waals surface area contributed by atoms with Gasteiger partial charge < -0.3 is 9.64 Å². The minimum Gasteiger partial charge on any atom is -0.493 e. The van der Waals surface area contributed by atoms with Crippen LogP contribution in [-0.4, -0.2) is 91.1 Å². The van der Waals surface area contributed by atoms with Crippen LogP contribution in [0.5, 0.6) is 5.75 Å². The minimum absolute atomic E-state index is 0.0148. The van der Waals surface area contributed by atoms with Crippen molar-refractivity contribution in [3.63, 3.8) is 0 Å². The number of nitrogens with one attached hydrogen (secondary N) is 1. The molecule has 0 bridgehead atoms. The molecule has 2 saturated heterocycles. The number of carbonyl (C=O) groups is 1. The molecule has 0 radical (unpaired) electrons. The van der Waals surface area contributed by atoms with Crippen LogP contribution in [0, 0.1) is 5.82 Å². The van der Waals surface area contributed by atoms with E-state index in [1.54, 1.807) is 10.4 Å². The number of piperidine rings is 1. The average molecular weight is 569 g/mol. The molecule has 1 amide bonds. The van der Waals surface area contributed by atoms with Crippen LogP contribution < -0.4 is 15.1 Å². The number of alkyl halides is 3. The molecule has 38 heavy (non-hydrogen) atoms. The Labute approximate surface area is 220 Å². The van der Waals surface area contributed by atoms with Gasteiger partial charge in [0.25, 0.3) is 5.91 Å². The zero-order valence-corrected chi connectivity index (χ0v) is 22.7. The summed E-state index contributed by atoms with van der Waals surface area (Å²) in [6.07, 6.45) is -5.46. The molecule has 3 rings (SSSR count). The van der Waals surface area contributed by atoms with E-state index >= 15 is 0 Å². The van der Waals surface area contributed by atoms with Crippen molar-refractivity contribution in [2.45, 2.75) is 62.9 Å². The Balaban J connectivity index is 1.65. The first kappa shape index (κ1) is 30.4. The first-order valence-corrected chi connectivity index (χ1v) is 14.0. The second kappa shape index (κ2) is 11.5. The number of ether oxygens (including phenoxy) is 1. The smallest absolute Gasteiger partial charge is 0.389 e. The van der Waals surface area contributed by atoms with E-state index in [1.807, 2.05) is 20.8 Å². The topological polar surface area (TPSA) is 102 Å². The van der Waals surface area contributed by atoms with Crippen molar-refractivity contribution in [1.29, 1.82) is 0 Å². The van der Waals surface area contributed by atoms with Gasteiger partial charge in [0.1, 0.15) is 11.6 Å². The fourth-order valence-electron chi connectivity index (χ4n) is 4.96. The lowest BCUT2D eigenvalue weighted by Gasteiger charge is -2.47. The summed E-state index contributed by atoms with van der Waals surface area (Å²) >= 11 is 0. The van der Waals surface area contributed by atoms with Gasteiger partial charge in [-0.1, -0.05) is 0 Å². The second-order valence-electron chi connectivity index (χ2n) is 10.7. The number of anilines is 1. The second-order valence-corrected chi connectivity index (χ2v) is 12.9. The highest BCUT2D eigenvalue weighted by Gasteiger charge is 2.55. The zero-order valence-electron chi connectivity index (χ0n) is 21.9. The van der Waals surface area contributed by atoms with Gasteiger partial charge in [-0.3, -0.25) is 14.9 Å². The Morgan fingerprint density at radius 1 is 1.08 bits per heavy atom. The minimum atomic E-state index is -4.28. The number of hydrogen-bond donors (Lipinski definition) is 2. The molecule has 2 N–H and O–H groups in total. The molecule has 216 valence electrons. The lowest BCUT2D eigenvalue weighted by Crippen LogP contribution is -2.64. The van der Waals surface area contributed by atoms with Gasteiger partial charge in [-0.2, -0.15) is 17.5 Å². The highest BCUT2D eigenvalue weighted by atomic mass is 32.2. The van der Waals surface area contributed by atoms with Gasteiger partial charge in [-0.05, 0) is 52.2 Å². The number of sulfonamides is 1. The predicted molar refractivity (Wildman–Crippen MR) is 133 cm³/mol. The van der Waals surface area contributed by atoms with Crippen LogP contribution in [0.25, 0.3) is 0 Å². The van der Waals surface area contributed by atoms with E-state index in [0.29, 0.717) is 13.1 Å². The molecule has 0 saturated carbocycles. The molecule has 1 aromatic carbocycles. The maximum Gasteiger partial charge on any atom is 0.389 e. The summed E-state index contributed by atoms with van der Waals surface area (Å²) in [7, 11) is -4.16. The number of rotatable bonds is 8. The Morgan fingerprint density at radius 3 is 2.18 bits per heavy atom. The van der Waals surface area contributed by atoms with E-state index in [1.165, 1.54) is 16.4 Å². The van der Waals surface area contributed by atoms with E-state index in [0.717, 1.165) is 6.07 Å². The molecule has 2 aliphatic rings. The lowest BCUT2D eigenvalue weighted by atomic mass is 9.91. The standard InChI is InChI=1S/C24H36F4N4O5S/c1-22(2,3)31-10-8-23(9-11-31,21(33)29-34)38(35,36)32-14-12-30(13-15-32)20-6-5-18(17-19(20)25)37-16-4-7-24(26,27)28/h5-6,17,34H,4,7-16H2,1-3H3,(H,29,33). The van der Waals surface area contributed by atoms with Crippen molar-refractivity contribution in [1.82, 2.24) is 14.7 Å². The van der Waals surface area contributed by atoms with Crippen molar-refractivity contribution >= 4 is 21.6 Å². The predicted octanol–water partition coefficient (Wildman–Crippen LogP) is 3.14. The summed E-state index contributed by atoms with van der Waals surface area (Å²) < 4.78 is 83.6. The molecular weight excluding hydrogens is 532 g/mol. The van der Waals surface area contributed by atoms with Crippen LogP contribution in [0.15, 0.2) is 18.2 Å². The first-order valence-electron chi connectivity index (χ1n) is 12.5. The van der Waals surface area contributed by atoms with E-state index in [9.17, 15) is 36.0 Å². The Kier molecular flexibility index (Phi) is 9.21. The van der Waals surface area contributed by atoms with Crippen LogP contribution in [-0.2, 0) is 14.8 Å². The fraction of sp³-hybridized carbons (Fsp3) is 0.708. The normalized spacial score (nSPS) is 19.8. The number of benzene rings is 1. The molecule has 2 fully saturated rings. The first-order chi connectivity index (χ1) is 17.6. The third-order valence-electron chi connectivity index (χ3n) is 7.24. The van der Waals surface area contributed by atoms with Crippen molar-refractivity contribution < 1.29 is 40.7 Å². The molecule has 2 heterocycles. The molecule has 1 aromatic rings. The summed E-state index contributed by atoms with van der Waals surface area (Å²) in [6, 6.07) is 4.00. The Morgan fingerprint density at radius 2 is 1.68 bits per heavy atom. The number of halogens is 4. The van der Waals surface area contributed by atoms with Crippen LogP contribution in [0.2, 0.25) is 0 Å². The van der Waals surface area contributed by atoms with E-state index in [4.69, 9.17) is 4.74 Å². The summed E-state index contributed by atoms with van der Waals surface area (Å²) in [5, 5.41) is 9.38. The van der Waals surface area contributed by atoms with E-state index in [2.05, 4.69) is 4.90 Å². The summed E-state index contributed by atoms with van der Waals surface area (Å²) in [6.45, 7) is 6.90. The number of hydrogen-bond acceptors (Lipinski definition) is 7. The van der Waals surface area contributed by atoms with Gasteiger partial charge >= 0.3 is 6.18 Å². The molecule has 9 nitrogen and oxygen atoms in total. The van der Waals surface area contributed by atoms with Gasteiger partial charge in [-0.25, -0.2) is 18.3 Å². The SMILES string of the molecule is CC(C)(C)N1CCC(C(=O)NO)(S(=O)(=O)N2CCN(c3ccc(OCCCC(F)(F)F)cc3F)CC2)CC1. The number of likely N-dealkylation sites (tertiary alicyclic amines) is 1. The number of hydroxylamine groups is 1. The molecule has 14 heteroatoms. The van der Waals surface area contributed by atoms with Crippen LogP contribution >= 0.6 is 0 Å². The molecule has 0 aliphatic carbocycles. The number of piperazine rings is 1. The molecule has 0 aromatic heterocycles. The quantitative estimate of drug-likeness (QED) is 0.215. The molecule has 2 aliphatic heterocycles. The van der Waals surface area contributed by atoms with Gasteiger partial charge in [0, 0.05) is 57.3 Å². The third kappa shape index (κ3) is 6.69. The van der Waals surface area contributed by atoms with Gasteiger partial charge in [0.15, 0.2) is 4.75 Å². The lowest BCUT2D eigenvalue weighted by molar-refractivity contribution is -0.136. The monoisotopic (exact) mass is 568 g/mol. The van der Waals surface area contributed by atoms with Crippen molar-refractivity contribution in [2.75, 3.05) is 50.8 Å². The van der Waals surface area contributed by atoms with Crippen LogP contribution in [0.1, 0.15) is 46.5 Å². The highest BCUT2D eigenvalue weighted by molar-refractivity contribution is 7.91. The number of nitrogens with zero attached hydrogens (tertiary/aromatic N) is 3. The zero-order chi connectivity index (χ0) is 28.4. The summed E-state index contributed by atoms with van der Waals surface area (Å²) in [5.41, 5.74) is 1.57.